The number of hydrogen-bond acceptors (Lipinski definition) is 3. The minimum absolute atomic E-state index is 0.208. The van der Waals surface area contributed by atoms with Crippen LogP contribution in [0.2, 0.25) is 0 Å². The van der Waals surface area contributed by atoms with Crippen molar-refractivity contribution in [2.75, 3.05) is 38.5 Å². The lowest BCUT2D eigenvalue weighted by Gasteiger charge is -2.32. The van der Waals surface area contributed by atoms with Gasteiger partial charge in [-0.3, -0.25) is 9.69 Å². The Kier molecular flexibility index (Phi) is 6.23. The number of nitrogens with zero attached hydrogens (tertiary/aromatic N) is 2. The highest BCUT2D eigenvalue weighted by molar-refractivity contribution is 7.99. The van der Waals surface area contributed by atoms with Crippen molar-refractivity contribution in [2.45, 2.75) is 24.2 Å². The van der Waals surface area contributed by atoms with Crippen molar-refractivity contribution in [3.8, 4) is 12.3 Å². The molecule has 128 valence electrons. The summed E-state index contributed by atoms with van der Waals surface area (Å²) in [6.45, 7) is 4.50. The first-order valence-electron chi connectivity index (χ1n) is 8.88. The van der Waals surface area contributed by atoms with E-state index in [-0.39, 0.29) is 5.92 Å². The Morgan fingerprint density at radius 2 is 1.92 bits per heavy atom. The maximum atomic E-state index is 12.7. The first-order valence-corrected chi connectivity index (χ1v) is 9.87. The van der Waals surface area contributed by atoms with Crippen molar-refractivity contribution in [1.29, 1.82) is 0 Å². The highest BCUT2D eigenvalue weighted by Crippen LogP contribution is 2.28. The van der Waals surface area contributed by atoms with Gasteiger partial charge in [-0.25, -0.2) is 0 Å². The van der Waals surface area contributed by atoms with Crippen molar-refractivity contribution in [1.82, 2.24) is 9.80 Å². The second-order valence-electron chi connectivity index (χ2n) is 6.82. The van der Waals surface area contributed by atoms with E-state index in [0.717, 1.165) is 51.2 Å². The molecule has 3 nitrogen and oxygen atoms in total. The highest BCUT2D eigenvalue weighted by atomic mass is 32.2. The molecule has 3 rings (SSSR count). The van der Waals surface area contributed by atoms with E-state index in [9.17, 15) is 4.79 Å². The zero-order chi connectivity index (χ0) is 16.8. The Morgan fingerprint density at radius 3 is 2.62 bits per heavy atom. The van der Waals surface area contributed by atoms with Gasteiger partial charge >= 0.3 is 0 Å². The van der Waals surface area contributed by atoms with Crippen LogP contribution in [-0.4, -0.2) is 54.2 Å². The number of benzene rings is 1. The zero-order valence-electron chi connectivity index (χ0n) is 14.2. The number of hydrogen-bond donors (Lipinski definition) is 0. The van der Waals surface area contributed by atoms with Crippen molar-refractivity contribution in [3.05, 3.63) is 30.3 Å². The molecular formula is C20H26N2OS. The number of amides is 1. The van der Waals surface area contributed by atoms with Gasteiger partial charge in [0.25, 0.3) is 0 Å². The quantitative estimate of drug-likeness (QED) is 0.607. The van der Waals surface area contributed by atoms with Gasteiger partial charge in [0.1, 0.15) is 0 Å². The first-order chi connectivity index (χ1) is 11.8. The molecule has 4 heteroatoms. The third-order valence-corrected chi connectivity index (χ3v) is 6.32. The molecule has 2 heterocycles. The van der Waals surface area contributed by atoms with E-state index < -0.39 is 0 Å². The molecule has 1 atom stereocenters. The molecule has 2 aliphatic rings. The minimum atomic E-state index is 0.208. The Bertz CT molecular complexity index is 575. The van der Waals surface area contributed by atoms with Crippen molar-refractivity contribution < 1.29 is 4.79 Å². The van der Waals surface area contributed by atoms with Crippen molar-refractivity contribution in [2.24, 2.45) is 11.8 Å². The van der Waals surface area contributed by atoms with Crippen molar-refractivity contribution in [3.63, 3.8) is 0 Å². The van der Waals surface area contributed by atoms with Crippen LogP contribution in [0.4, 0.5) is 0 Å². The number of carbonyl (C=O) groups excluding carboxylic acids is 1. The lowest BCUT2D eigenvalue weighted by molar-refractivity contribution is -0.136. The average Bonchev–Trinajstić information content (AvgIpc) is 3.10. The van der Waals surface area contributed by atoms with Gasteiger partial charge in [-0.15, -0.1) is 18.2 Å². The Hall–Kier alpha value is -1.44. The number of piperidine rings is 1. The van der Waals surface area contributed by atoms with Gasteiger partial charge < -0.3 is 4.90 Å². The van der Waals surface area contributed by atoms with Crippen LogP contribution in [0.3, 0.4) is 0 Å². The minimum Gasteiger partial charge on any atom is -0.342 e. The Balaban J connectivity index is 1.42. The molecule has 0 aromatic heterocycles. The Morgan fingerprint density at radius 1 is 1.17 bits per heavy atom. The van der Waals surface area contributed by atoms with E-state index in [2.05, 4.69) is 46.1 Å². The molecule has 0 aliphatic carbocycles. The number of likely N-dealkylation sites (tertiary alicyclic amines) is 2. The Labute approximate surface area is 149 Å². The van der Waals surface area contributed by atoms with Crippen LogP contribution in [0.5, 0.6) is 0 Å². The summed E-state index contributed by atoms with van der Waals surface area (Å²) in [4.78, 5) is 18.4. The van der Waals surface area contributed by atoms with E-state index >= 15 is 0 Å². The van der Waals surface area contributed by atoms with Gasteiger partial charge in [0.15, 0.2) is 0 Å². The highest BCUT2D eigenvalue weighted by Gasteiger charge is 2.32. The van der Waals surface area contributed by atoms with Gasteiger partial charge in [0.05, 0.1) is 6.54 Å². The molecule has 1 amide bonds. The second kappa shape index (κ2) is 8.60. The average molecular weight is 343 g/mol. The largest absolute Gasteiger partial charge is 0.342 e. The van der Waals surface area contributed by atoms with E-state index in [1.165, 1.54) is 4.90 Å². The van der Waals surface area contributed by atoms with Gasteiger partial charge in [0, 0.05) is 29.7 Å². The van der Waals surface area contributed by atoms with Gasteiger partial charge in [0.2, 0.25) is 5.91 Å². The summed E-state index contributed by atoms with van der Waals surface area (Å²) in [5.41, 5.74) is 0. The van der Waals surface area contributed by atoms with E-state index in [1.807, 2.05) is 11.8 Å². The zero-order valence-corrected chi connectivity index (χ0v) is 15.0. The molecular weight excluding hydrogens is 316 g/mol. The molecule has 0 N–H and O–H groups in total. The summed E-state index contributed by atoms with van der Waals surface area (Å²) < 4.78 is 0. The van der Waals surface area contributed by atoms with Crippen LogP contribution >= 0.6 is 11.8 Å². The maximum absolute atomic E-state index is 12.7. The third-order valence-electron chi connectivity index (χ3n) is 5.08. The number of carbonyl (C=O) groups is 1. The van der Waals surface area contributed by atoms with Crippen LogP contribution in [0.25, 0.3) is 0 Å². The molecule has 1 aromatic rings. The molecule has 0 spiro atoms. The predicted octanol–water partition coefficient (Wildman–Crippen LogP) is 2.97. The summed E-state index contributed by atoms with van der Waals surface area (Å²) >= 11 is 1.91. The van der Waals surface area contributed by atoms with Gasteiger partial charge in [-0.05, 0) is 50.4 Å². The number of rotatable bonds is 5. The standard InChI is InChI=1S/C20H26N2OS/c1-2-11-21-12-9-18(10-13-21)20(23)22-14-8-17(15-22)16-24-19-6-4-3-5-7-19/h1,3-7,17-18H,8-16H2. The molecule has 2 fully saturated rings. The fraction of sp³-hybridized carbons (Fsp3) is 0.550. The summed E-state index contributed by atoms with van der Waals surface area (Å²) in [5, 5.41) is 0. The molecule has 0 radical (unpaired) electrons. The van der Waals surface area contributed by atoms with Crippen LogP contribution in [0.15, 0.2) is 35.2 Å². The van der Waals surface area contributed by atoms with E-state index in [0.29, 0.717) is 18.4 Å². The second-order valence-corrected chi connectivity index (χ2v) is 7.91. The van der Waals surface area contributed by atoms with Crippen LogP contribution < -0.4 is 0 Å². The van der Waals surface area contributed by atoms with Crippen molar-refractivity contribution >= 4 is 17.7 Å². The molecule has 2 aliphatic heterocycles. The summed E-state index contributed by atoms with van der Waals surface area (Å²) in [6.07, 6.45) is 8.43. The molecule has 0 bridgehead atoms. The fourth-order valence-electron chi connectivity index (χ4n) is 3.62. The topological polar surface area (TPSA) is 23.6 Å². The van der Waals surface area contributed by atoms with Gasteiger partial charge in [-0.1, -0.05) is 24.1 Å². The van der Waals surface area contributed by atoms with Crippen LogP contribution in [0.1, 0.15) is 19.3 Å². The molecule has 1 unspecified atom stereocenters. The first kappa shape index (κ1) is 17.4. The molecule has 24 heavy (non-hydrogen) atoms. The number of terminal acetylenes is 1. The van der Waals surface area contributed by atoms with Crippen LogP contribution in [0, 0.1) is 24.2 Å². The molecule has 0 saturated carbocycles. The summed E-state index contributed by atoms with van der Waals surface area (Å²) in [7, 11) is 0. The van der Waals surface area contributed by atoms with E-state index in [4.69, 9.17) is 6.42 Å². The fourth-order valence-corrected chi connectivity index (χ4v) is 4.67. The smallest absolute Gasteiger partial charge is 0.225 e. The lowest BCUT2D eigenvalue weighted by atomic mass is 9.95. The third kappa shape index (κ3) is 4.55. The SMILES string of the molecule is C#CCN1CCC(C(=O)N2CCC(CSc3ccccc3)C2)CC1. The normalized spacial score (nSPS) is 22.5. The van der Waals surface area contributed by atoms with Crippen LogP contribution in [-0.2, 0) is 4.79 Å². The predicted molar refractivity (Wildman–Crippen MR) is 99.9 cm³/mol. The summed E-state index contributed by atoms with van der Waals surface area (Å²) in [6, 6.07) is 10.5. The van der Waals surface area contributed by atoms with E-state index in [1.54, 1.807) is 0 Å². The number of thioether (sulfide) groups is 1. The van der Waals surface area contributed by atoms with Gasteiger partial charge in [-0.2, -0.15) is 0 Å². The maximum Gasteiger partial charge on any atom is 0.225 e. The monoisotopic (exact) mass is 342 g/mol. The summed E-state index contributed by atoms with van der Waals surface area (Å²) in [5.74, 6) is 5.01. The molecule has 2 saturated heterocycles. The molecule has 1 aromatic carbocycles. The lowest BCUT2D eigenvalue weighted by Crippen LogP contribution is -2.42.